The van der Waals surface area contributed by atoms with Crippen LogP contribution in [0, 0.1) is 18.4 Å². The van der Waals surface area contributed by atoms with E-state index >= 15 is 0 Å². The van der Waals surface area contributed by atoms with E-state index in [9.17, 15) is 9.90 Å². The Morgan fingerprint density at radius 3 is 2.54 bits per heavy atom. The summed E-state index contributed by atoms with van der Waals surface area (Å²) in [6.45, 7) is 10.1. The van der Waals surface area contributed by atoms with Crippen LogP contribution in [-0.4, -0.2) is 39.9 Å². The summed E-state index contributed by atoms with van der Waals surface area (Å²) in [5, 5.41) is 9.53. The van der Waals surface area contributed by atoms with Crippen molar-refractivity contribution in [3.8, 4) is 23.1 Å². The summed E-state index contributed by atoms with van der Waals surface area (Å²) in [5.74, 6) is 6.01. The summed E-state index contributed by atoms with van der Waals surface area (Å²) in [4.78, 5) is 23.3. The molecule has 1 aromatic heterocycles. The van der Waals surface area contributed by atoms with Gasteiger partial charge in [0.15, 0.2) is 5.69 Å². The molecule has 1 unspecified atom stereocenters. The van der Waals surface area contributed by atoms with Crippen molar-refractivity contribution in [3.63, 3.8) is 0 Å². The van der Waals surface area contributed by atoms with E-state index < -0.39 is 6.10 Å². The fourth-order valence-electron chi connectivity index (χ4n) is 3.17. The highest BCUT2D eigenvalue weighted by atomic mass is 16.3. The van der Waals surface area contributed by atoms with E-state index in [-0.39, 0.29) is 17.2 Å². The quantitative estimate of drug-likeness (QED) is 0.614. The van der Waals surface area contributed by atoms with Gasteiger partial charge in [0.1, 0.15) is 11.7 Å². The number of benzene rings is 1. The predicted octanol–water partition coefficient (Wildman–Crippen LogP) is 1.66. The lowest BCUT2D eigenvalue weighted by Crippen LogP contribution is -2.42. The van der Waals surface area contributed by atoms with Crippen LogP contribution in [-0.2, 0) is 7.05 Å². The molecule has 2 aromatic rings. The van der Waals surface area contributed by atoms with Gasteiger partial charge in [-0.3, -0.25) is 9.36 Å². The third-order valence-corrected chi connectivity index (χ3v) is 4.77. The number of nitrogens with two attached hydrogens (primary N) is 1. The molecule has 7 nitrogen and oxygen atoms in total. The first-order chi connectivity index (χ1) is 13.4. The number of anilines is 1. The molecule has 1 aliphatic heterocycles. The summed E-state index contributed by atoms with van der Waals surface area (Å²) < 4.78 is 1.50. The molecule has 3 N–H and O–H groups in total. The molecule has 1 fully saturated rings. The zero-order valence-corrected chi connectivity index (χ0v) is 16.0. The molecule has 0 amide bonds. The maximum atomic E-state index is 13.1. The van der Waals surface area contributed by atoms with E-state index in [0.717, 1.165) is 25.9 Å². The zero-order chi connectivity index (χ0) is 20.3. The van der Waals surface area contributed by atoms with Gasteiger partial charge >= 0.3 is 0 Å². The minimum absolute atomic E-state index is 0.171. The normalized spacial score (nSPS) is 15.5. The lowest BCUT2D eigenvalue weighted by atomic mass is 10.1. The summed E-state index contributed by atoms with van der Waals surface area (Å²) >= 11 is 0. The van der Waals surface area contributed by atoms with Gasteiger partial charge in [-0.05, 0) is 25.3 Å². The Hall–Kier alpha value is -3.13. The summed E-state index contributed by atoms with van der Waals surface area (Å²) in [6, 6.07) is 7.07. The third-order valence-electron chi connectivity index (χ3n) is 4.77. The van der Waals surface area contributed by atoms with Crippen LogP contribution in [0.15, 0.2) is 29.1 Å². The lowest BCUT2D eigenvalue weighted by Gasteiger charge is -2.32. The van der Waals surface area contributed by atoms with Crippen LogP contribution >= 0.6 is 0 Å². The van der Waals surface area contributed by atoms with Gasteiger partial charge < -0.3 is 15.7 Å². The maximum Gasteiger partial charge on any atom is 0.271 e. The van der Waals surface area contributed by atoms with Gasteiger partial charge in [-0.15, -0.1) is 0 Å². The van der Waals surface area contributed by atoms with Gasteiger partial charge in [0.2, 0.25) is 5.95 Å². The van der Waals surface area contributed by atoms with Gasteiger partial charge in [0, 0.05) is 26.2 Å². The maximum absolute atomic E-state index is 13.1. The zero-order valence-electron chi connectivity index (χ0n) is 16.0. The Labute approximate surface area is 164 Å². The largest absolute Gasteiger partial charge is 0.381 e. The fourth-order valence-corrected chi connectivity index (χ4v) is 3.17. The molecule has 0 spiro atoms. The minimum Gasteiger partial charge on any atom is -0.381 e. The first-order valence-corrected chi connectivity index (χ1v) is 9.19. The molecule has 1 aliphatic rings. The summed E-state index contributed by atoms with van der Waals surface area (Å²) in [5.41, 5.74) is 7.64. The number of hydrogen-bond donors (Lipinski definition) is 2. The topological polar surface area (TPSA) is 88.7 Å². The highest BCUT2D eigenvalue weighted by molar-refractivity contribution is 5.70. The molecule has 1 aromatic carbocycles. The van der Waals surface area contributed by atoms with Crippen molar-refractivity contribution in [2.24, 2.45) is 12.8 Å². The van der Waals surface area contributed by atoms with Crippen LogP contribution in [0.25, 0.3) is 16.1 Å². The average molecular weight is 377 g/mol. The van der Waals surface area contributed by atoms with E-state index in [1.807, 2.05) is 0 Å². The van der Waals surface area contributed by atoms with Gasteiger partial charge in [-0.2, -0.15) is 0 Å². The molecule has 0 bridgehead atoms. The summed E-state index contributed by atoms with van der Waals surface area (Å²) in [6.07, 6.45) is 0.827. The number of aliphatic hydroxyl groups is 1. The van der Waals surface area contributed by atoms with Crippen LogP contribution in [0.4, 0.5) is 11.6 Å². The standard InChI is InChI=1S/C21H23N5O2/c1-14(27)4-9-18-19(15-5-7-17(23-2)8-6-15)24-21(25(3)20(18)28)26-12-10-16(22)11-13-26/h5-8,14,16,27H,10-13,22H2,1,3H3. The number of aromatic nitrogens is 2. The van der Waals surface area contributed by atoms with Crippen LogP contribution < -0.4 is 16.2 Å². The van der Waals surface area contributed by atoms with Crippen LogP contribution in [0.3, 0.4) is 0 Å². The molecule has 2 heterocycles. The first-order valence-electron chi connectivity index (χ1n) is 9.19. The summed E-state index contributed by atoms with van der Waals surface area (Å²) in [7, 11) is 1.68. The third kappa shape index (κ3) is 4.07. The molecule has 0 radical (unpaired) electrons. The smallest absolute Gasteiger partial charge is 0.271 e. The molecule has 0 saturated carbocycles. The van der Waals surface area contributed by atoms with Crippen LogP contribution in [0.5, 0.6) is 0 Å². The van der Waals surface area contributed by atoms with Gasteiger partial charge in [-0.25, -0.2) is 9.83 Å². The highest BCUT2D eigenvalue weighted by Gasteiger charge is 2.22. The number of hydrogen-bond acceptors (Lipinski definition) is 5. The molecule has 1 atom stereocenters. The van der Waals surface area contributed by atoms with Crippen molar-refractivity contribution in [3.05, 3.63) is 51.6 Å². The Kier molecular flexibility index (Phi) is 5.79. The second-order valence-corrected chi connectivity index (χ2v) is 6.93. The predicted molar refractivity (Wildman–Crippen MR) is 109 cm³/mol. The minimum atomic E-state index is -0.856. The second kappa shape index (κ2) is 8.26. The van der Waals surface area contributed by atoms with Crippen molar-refractivity contribution in [1.82, 2.24) is 9.55 Å². The van der Waals surface area contributed by atoms with Crippen molar-refractivity contribution in [2.75, 3.05) is 18.0 Å². The van der Waals surface area contributed by atoms with Crippen molar-refractivity contribution >= 4 is 11.6 Å². The number of nitrogens with zero attached hydrogens (tertiary/aromatic N) is 4. The highest BCUT2D eigenvalue weighted by Crippen LogP contribution is 2.25. The molecular weight excluding hydrogens is 354 g/mol. The number of piperidine rings is 1. The van der Waals surface area contributed by atoms with Crippen molar-refractivity contribution in [2.45, 2.75) is 31.9 Å². The van der Waals surface area contributed by atoms with Crippen LogP contribution in [0.1, 0.15) is 25.3 Å². The average Bonchev–Trinajstić information content (AvgIpc) is 2.70. The first kappa shape index (κ1) is 19.6. The molecule has 144 valence electrons. The van der Waals surface area contributed by atoms with Gasteiger partial charge in [0.25, 0.3) is 5.56 Å². The van der Waals surface area contributed by atoms with Crippen molar-refractivity contribution in [1.29, 1.82) is 0 Å². The number of rotatable bonds is 2. The second-order valence-electron chi connectivity index (χ2n) is 6.93. The van der Waals surface area contributed by atoms with E-state index in [4.69, 9.17) is 17.3 Å². The SMILES string of the molecule is [C-]#[N+]c1ccc(-c2nc(N3CCC(N)CC3)n(C)c(=O)c2C#CC(C)O)cc1. The van der Waals surface area contributed by atoms with Gasteiger partial charge in [-0.1, -0.05) is 36.1 Å². The lowest BCUT2D eigenvalue weighted by molar-refractivity contribution is 0.253. The van der Waals surface area contributed by atoms with Crippen LogP contribution in [0.2, 0.25) is 0 Å². The Balaban J connectivity index is 2.17. The molecule has 3 rings (SSSR count). The van der Waals surface area contributed by atoms with Gasteiger partial charge in [0.05, 0.1) is 12.3 Å². The van der Waals surface area contributed by atoms with E-state index in [0.29, 0.717) is 22.9 Å². The molecule has 0 aliphatic carbocycles. The van der Waals surface area contributed by atoms with E-state index in [1.165, 1.54) is 4.57 Å². The molecule has 28 heavy (non-hydrogen) atoms. The molecule has 7 heteroatoms. The molecule has 1 saturated heterocycles. The fraction of sp³-hybridized carbons (Fsp3) is 0.381. The monoisotopic (exact) mass is 377 g/mol. The Morgan fingerprint density at radius 1 is 1.32 bits per heavy atom. The molecular formula is C21H23N5O2. The number of aliphatic hydroxyl groups excluding tert-OH is 1. The van der Waals surface area contributed by atoms with E-state index in [2.05, 4.69) is 21.6 Å². The Bertz CT molecular complexity index is 1010. The van der Waals surface area contributed by atoms with Crippen molar-refractivity contribution < 1.29 is 5.11 Å². The van der Waals surface area contributed by atoms with E-state index in [1.54, 1.807) is 38.2 Å². The Morgan fingerprint density at radius 2 is 1.96 bits per heavy atom.